The molecular formula is C26H28N6O2. The van der Waals surface area contributed by atoms with Crippen molar-refractivity contribution >= 4 is 17.5 Å². The van der Waals surface area contributed by atoms with E-state index in [4.69, 9.17) is 10.5 Å². The Morgan fingerprint density at radius 3 is 2.82 bits per heavy atom. The van der Waals surface area contributed by atoms with E-state index in [1.165, 1.54) is 19.3 Å². The lowest BCUT2D eigenvalue weighted by Gasteiger charge is -2.24. The molecule has 8 heteroatoms. The molecule has 0 radical (unpaired) electrons. The number of aryl methyl sites for hydroxylation is 1. The molecule has 34 heavy (non-hydrogen) atoms. The number of para-hydroxylation sites is 1. The zero-order valence-electron chi connectivity index (χ0n) is 19.2. The summed E-state index contributed by atoms with van der Waals surface area (Å²) < 4.78 is 7.89. The highest BCUT2D eigenvalue weighted by atomic mass is 16.5. The molecule has 1 aliphatic rings. The molecule has 1 aliphatic carbocycles. The Hall–Kier alpha value is -3.94. The van der Waals surface area contributed by atoms with Crippen LogP contribution in [0.15, 0.2) is 54.9 Å². The summed E-state index contributed by atoms with van der Waals surface area (Å²) in [4.78, 5) is 21.8. The number of aromatic nitrogens is 4. The summed E-state index contributed by atoms with van der Waals surface area (Å²) in [7, 11) is 0. The van der Waals surface area contributed by atoms with Crippen molar-refractivity contribution in [3.05, 3.63) is 71.7 Å². The number of nitrogens with two attached hydrogens (primary N) is 1. The van der Waals surface area contributed by atoms with Crippen molar-refractivity contribution in [2.24, 2.45) is 0 Å². The Bertz CT molecular complexity index is 1330. The molecule has 0 spiro atoms. The van der Waals surface area contributed by atoms with Crippen LogP contribution < -0.4 is 15.8 Å². The van der Waals surface area contributed by atoms with Crippen molar-refractivity contribution in [2.45, 2.75) is 51.7 Å². The number of pyridine rings is 2. The molecule has 0 unspecified atom stereocenters. The minimum Gasteiger partial charge on any atom is -0.490 e. The number of fused-ring (bicyclic) bond motifs is 1. The van der Waals surface area contributed by atoms with E-state index in [0.29, 0.717) is 23.4 Å². The van der Waals surface area contributed by atoms with Crippen LogP contribution in [0.25, 0.3) is 16.8 Å². The molecule has 3 N–H and O–H groups in total. The molecule has 1 fully saturated rings. The number of nitrogens with one attached hydrogen (secondary N) is 1. The van der Waals surface area contributed by atoms with E-state index in [2.05, 4.69) is 20.4 Å². The predicted octanol–water partition coefficient (Wildman–Crippen LogP) is 4.32. The van der Waals surface area contributed by atoms with E-state index >= 15 is 0 Å². The lowest BCUT2D eigenvalue weighted by Crippen LogP contribution is -2.25. The fraction of sp³-hybridized carbons (Fsp3) is 0.308. The van der Waals surface area contributed by atoms with Gasteiger partial charge in [0.25, 0.3) is 5.91 Å². The molecule has 0 aliphatic heterocycles. The largest absolute Gasteiger partial charge is 0.490 e. The van der Waals surface area contributed by atoms with E-state index in [-0.39, 0.29) is 18.0 Å². The van der Waals surface area contributed by atoms with Gasteiger partial charge in [0.2, 0.25) is 5.95 Å². The number of amides is 1. The van der Waals surface area contributed by atoms with Gasteiger partial charge in [0.1, 0.15) is 5.75 Å². The Kier molecular flexibility index (Phi) is 6.12. The molecular weight excluding hydrogens is 428 g/mol. The SMILES string of the molecule is Cc1ncc(-c2ccn3nc(N)nc3c2)cc1C(=O)NCc1ccccc1OC1CCCCC1. The second kappa shape index (κ2) is 9.51. The van der Waals surface area contributed by atoms with Gasteiger partial charge in [-0.3, -0.25) is 9.78 Å². The van der Waals surface area contributed by atoms with Gasteiger partial charge in [-0.1, -0.05) is 24.6 Å². The van der Waals surface area contributed by atoms with E-state index in [1.54, 1.807) is 16.9 Å². The molecule has 0 atom stereocenters. The van der Waals surface area contributed by atoms with Crippen LogP contribution in [0.4, 0.5) is 5.95 Å². The molecule has 4 aromatic rings. The zero-order valence-corrected chi connectivity index (χ0v) is 19.2. The summed E-state index contributed by atoms with van der Waals surface area (Å²) in [6, 6.07) is 13.5. The fourth-order valence-electron chi connectivity index (χ4n) is 4.40. The van der Waals surface area contributed by atoms with Crippen LogP contribution in [0.3, 0.4) is 0 Å². The summed E-state index contributed by atoms with van der Waals surface area (Å²) in [6.07, 6.45) is 9.68. The van der Waals surface area contributed by atoms with Crippen molar-refractivity contribution in [1.82, 2.24) is 24.9 Å². The van der Waals surface area contributed by atoms with Crippen LogP contribution in [0.1, 0.15) is 53.7 Å². The Morgan fingerprint density at radius 2 is 1.97 bits per heavy atom. The predicted molar refractivity (Wildman–Crippen MR) is 130 cm³/mol. The third kappa shape index (κ3) is 4.71. The number of rotatable bonds is 6. The Balaban J connectivity index is 1.32. The minimum atomic E-state index is -0.174. The summed E-state index contributed by atoms with van der Waals surface area (Å²) >= 11 is 0. The van der Waals surface area contributed by atoms with Crippen molar-refractivity contribution in [1.29, 1.82) is 0 Å². The number of hydrogen-bond donors (Lipinski definition) is 2. The van der Waals surface area contributed by atoms with Gasteiger partial charge in [0.05, 0.1) is 17.4 Å². The van der Waals surface area contributed by atoms with Crippen LogP contribution in [-0.4, -0.2) is 31.6 Å². The van der Waals surface area contributed by atoms with E-state index in [0.717, 1.165) is 35.3 Å². The van der Waals surface area contributed by atoms with Crippen molar-refractivity contribution in [3.63, 3.8) is 0 Å². The highest BCUT2D eigenvalue weighted by Gasteiger charge is 2.17. The molecule has 3 heterocycles. The number of ether oxygens (including phenoxy) is 1. The first-order chi connectivity index (χ1) is 16.6. The molecule has 5 rings (SSSR count). The second-order valence-electron chi connectivity index (χ2n) is 8.71. The lowest BCUT2D eigenvalue weighted by atomic mass is 9.97. The monoisotopic (exact) mass is 456 g/mol. The molecule has 8 nitrogen and oxygen atoms in total. The van der Waals surface area contributed by atoms with Gasteiger partial charge in [-0.05, 0) is 62.4 Å². The summed E-state index contributed by atoms with van der Waals surface area (Å²) in [5, 5.41) is 7.14. The summed E-state index contributed by atoms with van der Waals surface area (Å²) in [6.45, 7) is 2.22. The molecule has 1 aromatic carbocycles. The zero-order chi connectivity index (χ0) is 23.5. The van der Waals surface area contributed by atoms with Gasteiger partial charge in [0.15, 0.2) is 5.65 Å². The molecule has 1 saturated carbocycles. The highest BCUT2D eigenvalue weighted by Crippen LogP contribution is 2.26. The second-order valence-corrected chi connectivity index (χ2v) is 8.71. The van der Waals surface area contributed by atoms with Crippen LogP contribution in [0, 0.1) is 6.92 Å². The number of carbonyl (C=O) groups excluding carboxylic acids is 1. The number of anilines is 1. The summed E-state index contributed by atoms with van der Waals surface area (Å²) in [5.74, 6) is 0.887. The van der Waals surface area contributed by atoms with Crippen LogP contribution in [-0.2, 0) is 6.54 Å². The standard InChI is InChI=1S/C26H28N6O2/c1-17-22(13-20(16-28-17)18-11-12-32-24(14-18)30-26(27)31-32)25(33)29-15-19-7-5-6-10-23(19)34-21-8-3-2-4-9-21/h5-7,10-14,16,21H,2-4,8-9,15H2,1H3,(H2,27,31)(H,29,33). The maximum absolute atomic E-state index is 13.1. The Morgan fingerprint density at radius 1 is 1.15 bits per heavy atom. The first kappa shape index (κ1) is 21.9. The normalized spacial score (nSPS) is 14.3. The van der Waals surface area contributed by atoms with E-state index in [1.807, 2.05) is 49.4 Å². The van der Waals surface area contributed by atoms with Gasteiger partial charge in [-0.2, -0.15) is 4.98 Å². The number of hydrogen-bond acceptors (Lipinski definition) is 6. The molecule has 0 bridgehead atoms. The van der Waals surface area contributed by atoms with Crippen LogP contribution in [0.5, 0.6) is 5.75 Å². The van der Waals surface area contributed by atoms with Gasteiger partial charge < -0.3 is 15.8 Å². The number of benzene rings is 1. The average Bonchev–Trinajstić information content (AvgIpc) is 3.23. The van der Waals surface area contributed by atoms with Gasteiger partial charge in [-0.25, -0.2) is 4.52 Å². The van der Waals surface area contributed by atoms with Crippen LogP contribution >= 0.6 is 0 Å². The van der Waals surface area contributed by atoms with Gasteiger partial charge >= 0.3 is 0 Å². The smallest absolute Gasteiger partial charge is 0.253 e. The quantitative estimate of drug-likeness (QED) is 0.447. The first-order valence-corrected chi connectivity index (χ1v) is 11.7. The number of carbonyl (C=O) groups is 1. The van der Waals surface area contributed by atoms with Crippen molar-refractivity contribution in [2.75, 3.05) is 5.73 Å². The molecule has 174 valence electrons. The molecule has 1 amide bonds. The van der Waals surface area contributed by atoms with Crippen LogP contribution in [0.2, 0.25) is 0 Å². The first-order valence-electron chi connectivity index (χ1n) is 11.7. The topological polar surface area (TPSA) is 107 Å². The third-order valence-electron chi connectivity index (χ3n) is 6.28. The number of nitrogens with zero attached hydrogens (tertiary/aromatic N) is 4. The fourth-order valence-corrected chi connectivity index (χ4v) is 4.40. The highest BCUT2D eigenvalue weighted by molar-refractivity contribution is 5.96. The van der Waals surface area contributed by atoms with Gasteiger partial charge in [-0.15, -0.1) is 5.10 Å². The van der Waals surface area contributed by atoms with E-state index < -0.39 is 0 Å². The average molecular weight is 457 g/mol. The number of nitrogen functional groups attached to an aromatic ring is 1. The van der Waals surface area contributed by atoms with Crippen molar-refractivity contribution in [3.8, 4) is 16.9 Å². The molecule has 0 saturated heterocycles. The Labute approximate surface area is 198 Å². The van der Waals surface area contributed by atoms with E-state index in [9.17, 15) is 4.79 Å². The third-order valence-corrected chi connectivity index (χ3v) is 6.28. The summed E-state index contributed by atoms with van der Waals surface area (Å²) in [5.41, 5.74) is 10.2. The molecule has 3 aromatic heterocycles. The lowest BCUT2D eigenvalue weighted by molar-refractivity contribution is 0.0949. The maximum atomic E-state index is 13.1. The maximum Gasteiger partial charge on any atom is 0.253 e. The minimum absolute atomic E-state index is 0.174. The van der Waals surface area contributed by atoms with Gasteiger partial charge in [0, 0.05) is 30.1 Å². The van der Waals surface area contributed by atoms with Crippen molar-refractivity contribution < 1.29 is 9.53 Å².